The van der Waals surface area contributed by atoms with Crippen LogP contribution in [-0.2, 0) is 11.3 Å². The first-order valence-corrected chi connectivity index (χ1v) is 13.1. The van der Waals surface area contributed by atoms with E-state index in [1.807, 2.05) is 4.90 Å². The molecule has 0 spiro atoms. The Kier molecular flexibility index (Phi) is 11.3. The van der Waals surface area contributed by atoms with Crippen molar-refractivity contribution in [3.8, 4) is 0 Å². The maximum Gasteiger partial charge on any atom is 0.289 e. The van der Waals surface area contributed by atoms with Gasteiger partial charge in [0.1, 0.15) is 5.82 Å². The van der Waals surface area contributed by atoms with Gasteiger partial charge in [0, 0.05) is 52.2 Å². The van der Waals surface area contributed by atoms with Gasteiger partial charge in [-0.1, -0.05) is 57.6 Å². The second-order valence-corrected chi connectivity index (χ2v) is 9.42. The van der Waals surface area contributed by atoms with E-state index in [0.717, 1.165) is 44.6 Å². The van der Waals surface area contributed by atoms with Crippen molar-refractivity contribution in [2.75, 3.05) is 39.3 Å². The summed E-state index contributed by atoms with van der Waals surface area (Å²) in [4.78, 5) is 31.6. The van der Waals surface area contributed by atoms with Gasteiger partial charge in [0.05, 0.1) is 6.26 Å². The van der Waals surface area contributed by atoms with E-state index >= 15 is 0 Å². The Morgan fingerprint density at radius 1 is 0.943 bits per heavy atom. The number of piperazine rings is 1. The fourth-order valence-electron chi connectivity index (χ4n) is 4.49. The van der Waals surface area contributed by atoms with E-state index in [0.29, 0.717) is 31.8 Å². The molecule has 2 amide bonds. The van der Waals surface area contributed by atoms with E-state index in [1.165, 1.54) is 50.5 Å². The summed E-state index contributed by atoms with van der Waals surface area (Å²) >= 11 is 0. The molecule has 6 nitrogen and oxygen atoms in total. The summed E-state index contributed by atoms with van der Waals surface area (Å²) in [5.41, 5.74) is 0.868. The molecule has 192 valence electrons. The van der Waals surface area contributed by atoms with Crippen molar-refractivity contribution < 1.29 is 18.4 Å². The van der Waals surface area contributed by atoms with Crippen LogP contribution in [0.4, 0.5) is 4.39 Å². The number of amides is 2. The third-order valence-corrected chi connectivity index (χ3v) is 6.71. The molecule has 2 aromatic rings. The fourth-order valence-corrected chi connectivity index (χ4v) is 4.49. The SMILES string of the molecule is CCCCCCCCCC(=O)N1CCN(CCN(Cc2ccc(F)cc2)C(=O)c2ccco2)CC1. The molecule has 0 atom stereocenters. The first-order chi connectivity index (χ1) is 17.1. The summed E-state index contributed by atoms with van der Waals surface area (Å²) in [5, 5.41) is 0. The molecule has 1 aromatic heterocycles. The third kappa shape index (κ3) is 9.13. The van der Waals surface area contributed by atoms with Crippen molar-refractivity contribution in [1.29, 1.82) is 0 Å². The molecule has 1 aliphatic heterocycles. The fraction of sp³-hybridized carbons (Fsp3) is 0.571. The molecule has 0 radical (unpaired) electrons. The minimum absolute atomic E-state index is 0.178. The summed E-state index contributed by atoms with van der Waals surface area (Å²) in [7, 11) is 0. The number of hydrogen-bond acceptors (Lipinski definition) is 4. The van der Waals surface area contributed by atoms with Gasteiger partial charge in [-0.3, -0.25) is 14.5 Å². The number of rotatable bonds is 14. The summed E-state index contributed by atoms with van der Waals surface area (Å²) in [6, 6.07) is 9.59. The number of halogens is 1. The van der Waals surface area contributed by atoms with E-state index < -0.39 is 0 Å². The summed E-state index contributed by atoms with van der Waals surface area (Å²) < 4.78 is 18.6. The molecule has 3 rings (SSSR count). The molecule has 0 unspecified atom stereocenters. The molecule has 1 fully saturated rings. The zero-order valence-corrected chi connectivity index (χ0v) is 21.1. The van der Waals surface area contributed by atoms with Gasteiger partial charge in [0.25, 0.3) is 5.91 Å². The Hall–Kier alpha value is -2.67. The van der Waals surface area contributed by atoms with Crippen LogP contribution < -0.4 is 0 Å². The highest BCUT2D eigenvalue weighted by Gasteiger charge is 2.23. The van der Waals surface area contributed by atoms with Crippen LogP contribution in [0.25, 0.3) is 0 Å². The van der Waals surface area contributed by atoms with Crippen LogP contribution in [0, 0.1) is 5.82 Å². The first kappa shape index (κ1) is 26.9. The van der Waals surface area contributed by atoms with Gasteiger partial charge in [-0.15, -0.1) is 0 Å². The minimum Gasteiger partial charge on any atom is -0.459 e. The molecule has 0 bridgehead atoms. The number of carbonyl (C=O) groups is 2. The summed E-state index contributed by atoms with van der Waals surface area (Å²) in [6.45, 7) is 6.94. The largest absolute Gasteiger partial charge is 0.459 e. The van der Waals surface area contributed by atoms with Gasteiger partial charge in [-0.2, -0.15) is 0 Å². The molecule has 0 aliphatic carbocycles. The lowest BCUT2D eigenvalue weighted by molar-refractivity contribution is -0.133. The molecule has 7 heteroatoms. The minimum atomic E-state index is -0.294. The number of benzene rings is 1. The van der Waals surface area contributed by atoms with Crippen molar-refractivity contribution in [1.82, 2.24) is 14.7 Å². The van der Waals surface area contributed by atoms with Gasteiger partial charge in [0.2, 0.25) is 5.91 Å². The van der Waals surface area contributed by atoms with Crippen LogP contribution >= 0.6 is 0 Å². The molecule has 2 heterocycles. The predicted octanol–water partition coefficient (Wildman–Crippen LogP) is 5.35. The summed E-state index contributed by atoms with van der Waals surface area (Å²) in [6.07, 6.45) is 10.7. The third-order valence-electron chi connectivity index (χ3n) is 6.71. The van der Waals surface area contributed by atoms with E-state index in [-0.39, 0.29) is 17.6 Å². The second-order valence-electron chi connectivity index (χ2n) is 9.42. The van der Waals surface area contributed by atoms with Crippen LogP contribution in [0.3, 0.4) is 0 Å². The number of unbranched alkanes of at least 4 members (excludes halogenated alkanes) is 6. The highest BCUT2D eigenvalue weighted by atomic mass is 19.1. The van der Waals surface area contributed by atoms with Crippen LogP contribution in [0.1, 0.15) is 74.4 Å². The van der Waals surface area contributed by atoms with Gasteiger partial charge >= 0.3 is 0 Å². The lowest BCUT2D eigenvalue weighted by Crippen LogP contribution is -2.50. The first-order valence-electron chi connectivity index (χ1n) is 13.1. The Morgan fingerprint density at radius 2 is 1.63 bits per heavy atom. The number of nitrogens with zero attached hydrogens (tertiary/aromatic N) is 3. The Morgan fingerprint density at radius 3 is 2.29 bits per heavy atom. The number of carbonyl (C=O) groups excluding carboxylic acids is 2. The summed E-state index contributed by atoms with van der Waals surface area (Å²) in [5.74, 6) is 0.0944. The molecule has 1 aromatic carbocycles. The van der Waals surface area contributed by atoms with E-state index in [4.69, 9.17) is 4.42 Å². The van der Waals surface area contributed by atoms with Crippen molar-refractivity contribution in [3.63, 3.8) is 0 Å². The highest BCUT2D eigenvalue weighted by molar-refractivity contribution is 5.91. The average molecular weight is 486 g/mol. The topological polar surface area (TPSA) is 57.0 Å². The van der Waals surface area contributed by atoms with E-state index in [9.17, 15) is 14.0 Å². The normalized spacial score (nSPS) is 14.3. The Bertz CT molecular complexity index is 877. The lowest BCUT2D eigenvalue weighted by Gasteiger charge is -2.36. The van der Waals surface area contributed by atoms with Gasteiger partial charge < -0.3 is 14.2 Å². The van der Waals surface area contributed by atoms with Gasteiger partial charge in [-0.05, 0) is 36.2 Å². The standard InChI is InChI=1S/C28H40FN3O3/c1-2-3-4-5-6-7-8-11-27(33)31-19-16-30(17-20-31)18-21-32(28(34)26-10-9-22-35-26)23-24-12-14-25(29)15-13-24/h9-10,12-15,22H,2-8,11,16-21,23H2,1H3. The van der Waals surface area contributed by atoms with Crippen LogP contribution in [0.5, 0.6) is 0 Å². The molecular weight excluding hydrogens is 445 g/mol. The van der Waals surface area contributed by atoms with Crippen molar-refractivity contribution in [3.05, 3.63) is 59.8 Å². The van der Waals surface area contributed by atoms with Crippen LogP contribution in [0.2, 0.25) is 0 Å². The Balaban J connectivity index is 1.41. The van der Waals surface area contributed by atoms with E-state index in [1.54, 1.807) is 29.2 Å². The predicted molar refractivity (Wildman–Crippen MR) is 135 cm³/mol. The highest BCUT2D eigenvalue weighted by Crippen LogP contribution is 2.14. The van der Waals surface area contributed by atoms with Gasteiger partial charge in [0.15, 0.2) is 5.76 Å². The maximum absolute atomic E-state index is 13.3. The Labute approximate surface area is 209 Å². The zero-order chi connectivity index (χ0) is 24.9. The zero-order valence-electron chi connectivity index (χ0n) is 21.1. The second kappa shape index (κ2) is 14.7. The number of furan rings is 1. The van der Waals surface area contributed by atoms with E-state index in [2.05, 4.69) is 11.8 Å². The van der Waals surface area contributed by atoms with Crippen molar-refractivity contribution in [2.24, 2.45) is 0 Å². The smallest absolute Gasteiger partial charge is 0.289 e. The van der Waals surface area contributed by atoms with Crippen molar-refractivity contribution >= 4 is 11.8 Å². The molecule has 0 N–H and O–H groups in total. The number of hydrogen-bond donors (Lipinski definition) is 0. The quantitative estimate of drug-likeness (QED) is 0.339. The monoisotopic (exact) mass is 485 g/mol. The van der Waals surface area contributed by atoms with Gasteiger partial charge in [-0.25, -0.2) is 4.39 Å². The molecule has 35 heavy (non-hydrogen) atoms. The van der Waals surface area contributed by atoms with Crippen LogP contribution in [-0.4, -0.2) is 65.8 Å². The molecule has 1 saturated heterocycles. The lowest BCUT2D eigenvalue weighted by atomic mass is 10.1. The maximum atomic E-state index is 13.3. The average Bonchev–Trinajstić information content (AvgIpc) is 3.42. The molecular formula is C28H40FN3O3. The van der Waals surface area contributed by atoms with Crippen LogP contribution in [0.15, 0.2) is 47.1 Å². The molecule has 1 aliphatic rings. The molecule has 0 saturated carbocycles. The van der Waals surface area contributed by atoms with Crippen molar-refractivity contribution in [2.45, 2.75) is 64.8 Å².